The molecule has 100 valence electrons. The van der Waals surface area contributed by atoms with E-state index in [2.05, 4.69) is 21.2 Å². The molecule has 0 radical (unpaired) electrons. The predicted octanol–water partition coefficient (Wildman–Crippen LogP) is 4.74. The fraction of sp³-hybridized carbons (Fsp3) is 0.200. The molecule has 0 aliphatic heterocycles. The molecule has 2 aromatic carbocycles. The van der Waals surface area contributed by atoms with Gasteiger partial charge >= 0.3 is 0 Å². The Bertz CT molecular complexity index is 554. The quantitative estimate of drug-likeness (QED) is 0.846. The van der Waals surface area contributed by atoms with Crippen LogP contribution in [0.1, 0.15) is 17.2 Å². The normalized spacial score (nSPS) is 12.4. The lowest BCUT2D eigenvalue weighted by Crippen LogP contribution is -2.19. The Morgan fingerprint density at radius 3 is 2.68 bits per heavy atom. The third-order valence-corrected chi connectivity index (χ3v) is 3.64. The first kappa shape index (κ1) is 14.5. The van der Waals surface area contributed by atoms with Crippen molar-refractivity contribution in [2.45, 2.75) is 12.5 Å². The van der Waals surface area contributed by atoms with Crippen LogP contribution in [0.15, 0.2) is 46.9 Å². The molecule has 0 spiro atoms. The summed E-state index contributed by atoms with van der Waals surface area (Å²) in [7, 11) is 1.89. The summed E-state index contributed by atoms with van der Waals surface area (Å²) < 4.78 is 14.1. The van der Waals surface area contributed by atoms with E-state index in [0.29, 0.717) is 11.4 Å². The molecule has 1 atom stereocenters. The molecule has 0 bridgehead atoms. The van der Waals surface area contributed by atoms with Crippen LogP contribution in [0.25, 0.3) is 0 Å². The fourth-order valence-electron chi connectivity index (χ4n) is 2.06. The van der Waals surface area contributed by atoms with Gasteiger partial charge in [-0.05, 0) is 54.9 Å². The Morgan fingerprint density at radius 1 is 1.26 bits per heavy atom. The van der Waals surface area contributed by atoms with Gasteiger partial charge in [0.1, 0.15) is 5.82 Å². The SMILES string of the molecule is CNC(Cc1cccc(F)c1)c1cc(Cl)cc(Br)c1. The second-order valence-corrected chi connectivity index (χ2v) is 5.73. The first-order chi connectivity index (χ1) is 9.08. The second-order valence-electron chi connectivity index (χ2n) is 4.38. The fourth-order valence-corrected chi connectivity index (χ4v) is 2.95. The van der Waals surface area contributed by atoms with Crippen LogP contribution in [0.4, 0.5) is 4.39 Å². The number of hydrogen-bond acceptors (Lipinski definition) is 1. The first-order valence-electron chi connectivity index (χ1n) is 5.96. The summed E-state index contributed by atoms with van der Waals surface area (Å²) >= 11 is 9.50. The summed E-state index contributed by atoms with van der Waals surface area (Å²) in [5.74, 6) is -0.209. The van der Waals surface area contributed by atoms with Gasteiger partial charge in [0, 0.05) is 15.5 Å². The monoisotopic (exact) mass is 341 g/mol. The van der Waals surface area contributed by atoms with Crippen LogP contribution in [-0.2, 0) is 6.42 Å². The molecule has 1 N–H and O–H groups in total. The van der Waals surface area contributed by atoms with E-state index in [1.165, 1.54) is 6.07 Å². The van der Waals surface area contributed by atoms with Gasteiger partial charge < -0.3 is 5.32 Å². The summed E-state index contributed by atoms with van der Waals surface area (Å²) in [4.78, 5) is 0. The van der Waals surface area contributed by atoms with Gasteiger partial charge in [-0.15, -0.1) is 0 Å². The number of nitrogens with one attached hydrogen (secondary N) is 1. The lowest BCUT2D eigenvalue weighted by atomic mass is 9.99. The molecule has 0 aliphatic carbocycles. The van der Waals surface area contributed by atoms with Crippen LogP contribution in [0.3, 0.4) is 0 Å². The summed E-state index contributed by atoms with van der Waals surface area (Å²) in [5, 5.41) is 3.92. The van der Waals surface area contributed by atoms with Gasteiger partial charge in [0.2, 0.25) is 0 Å². The molecular weight excluding hydrogens is 329 g/mol. The summed E-state index contributed by atoms with van der Waals surface area (Å²) in [5.41, 5.74) is 2.03. The maximum Gasteiger partial charge on any atom is 0.123 e. The van der Waals surface area contributed by atoms with Crippen molar-refractivity contribution in [2.75, 3.05) is 7.05 Å². The molecular formula is C15H14BrClFN. The van der Waals surface area contributed by atoms with Crippen LogP contribution in [0.2, 0.25) is 5.02 Å². The van der Waals surface area contributed by atoms with E-state index in [1.807, 2.05) is 31.3 Å². The van der Waals surface area contributed by atoms with E-state index in [-0.39, 0.29) is 11.9 Å². The number of rotatable bonds is 4. The van der Waals surface area contributed by atoms with Gasteiger partial charge in [0.05, 0.1) is 0 Å². The number of halogens is 3. The van der Waals surface area contributed by atoms with Crippen molar-refractivity contribution >= 4 is 27.5 Å². The number of benzene rings is 2. The van der Waals surface area contributed by atoms with Crippen LogP contribution in [-0.4, -0.2) is 7.05 Å². The van der Waals surface area contributed by atoms with Crippen LogP contribution < -0.4 is 5.32 Å². The first-order valence-corrected chi connectivity index (χ1v) is 7.13. The summed E-state index contributed by atoms with van der Waals surface area (Å²) in [6.07, 6.45) is 0.709. The van der Waals surface area contributed by atoms with E-state index < -0.39 is 0 Å². The molecule has 19 heavy (non-hydrogen) atoms. The van der Waals surface area contributed by atoms with Crippen molar-refractivity contribution in [1.82, 2.24) is 5.32 Å². The Kier molecular flexibility index (Phi) is 4.97. The van der Waals surface area contributed by atoms with Gasteiger partial charge in [-0.1, -0.05) is 39.7 Å². The minimum absolute atomic E-state index is 0.0943. The van der Waals surface area contributed by atoms with Crippen LogP contribution in [0.5, 0.6) is 0 Å². The van der Waals surface area contributed by atoms with Crippen molar-refractivity contribution in [2.24, 2.45) is 0 Å². The van der Waals surface area contributed by atoms with Gasteiger partial charge in [-0.3, -0.25) is 0 Å². The molecule has 0 heterocycles. The van der Waals surface area contributed by atoms with E-state index in [9.17, 15) is 4.39 Å². The van der Waals surface area contributed by atoms with Gasteiger partial charge in [0.15, 0.2) is 0 Å². The largest absolute Gasteiger partial charge is 0.313 e. The minimum Gasteiger partial charge on any atom is -0.313 e. The molecule has 0 aliphatic rings. The lowest BCUT2D eigenvalue weighted by Gasteiger charge is -2.17. The Hall–Kier alpha value is -0.900. The average molecular weight is 343 g/mol. The van der Waals surface area contributed by atoms with Gasteiger partial charge in [-0.2, -0.15) is 0 Å². The minimum atomic E-state index is -0.209. The molecule has 0 saturated carbocycles. The zero-order valence-electron chi connectivity index (χ0n) is 10.5. The third kappa shape index (κ3) is 4.03. The summed E-state index contributed by atoms with van der Waals surface area (Å²) in [6.45, 7) is 0. The van der Waals surface area contributed by atoms with Crippen molar-refractivity contribution in [3.63, 3.8) is 0 Å². The Balaban J connectivity index is 2.24. The number of hydrogen-bond donors (Lipinski definition) is 1. The highest BCUT2D eigenvalue weighted by atomic mass is 79.9. The summed E-state index contributed by atoms with van der Waals surface area (Å²) in [6, 6.07) is 12.5. The Labute approximate surface area is 125 Å². The maximum atomic E-state index is 13.2. The zero-order valence-corrected chi connectivity index (χ0v) is 12.8. The molecule has 0 aromatic heterocycles. The highest BCUT2D eigenvalue weighted by Gasteiger charge is 2.12. The van der Waals surface area contributed by atoms with E-state index in [4.69, 9.17) is 11.6 Å². The molecule has 0 saturated heterocycles. The van der Waals surface area contributed by atoms with Crippen LogP contribution >= 0.6 is 27.5 Å². The van der Waals surface area contributed by atoms with Crippen molar-refractivity contribution < 1.29 is 4.39 Å². The van der Waals surface area contributed by atoms with E-state index in [0.717, 1.165) is 15.6 Å². The van der Waals surface area contributed by atoms with Gasteiger partial charge in [-0.25, -0.2) is 4.39 Å². The van der Waals surface area contributed by atoms with Crippen molar-refractivity contribution in [3.05, 3.63) is 68.9 Å². The average Bonchev–Trinajstić information content (AvgIpc) is 2.34. The topological polar surface area (TPSA) is 12.0 Å². The van der Waals surface area contributed by atoms with Gasteiger partial charge in [0.25, 0.3) is 0 Å². The predicted molar refractivity (Wildman–Crippen MR) is 81.1 cm³/mol. The highest BCUT2D eigenvalue weighted by molar-refractivity contribution is 9.10. The molecule has 2 aromatic rings. The Morgan fingerprint density at radius 2 is 2.05 bits per heavy atom. The van der Waals surface area contributed by atoms with Crippen molar-refractivity contribution in [3.8, 4) is 0 Å². The van der Waals surface area contributed by atoms with Crippen LogP contribution in [0, 0.1) is 5.82 Å². The smallest absolute Gasteiger partial charge is 0.123 e. The molecule has 0 fully saturated rings. The molecule has 1 unspecified atom stereocenters. The third-order valence-electron chi connectivity index (χ3n) is 2.96. The molecule has 0 amide bonds. The van der Waals surface area contributed by atoms with Crippen molar-refractivity contribution in [1.29, 1.82) is 0 Å². The maximum absolute atomic E-state index is 13.2. The second kappa shape index (κ2) is 6.51. The molecule has 2 rings (SSSR count). The van der Waals surface area contributed by atoms with E-state index >= 15 is 0 Å². The highest BCUT2D eigenvalue weighted by Crippen LogP contribution is 2.26. The number of likely N-dealkylation sites (N-methyl/N-ethyl adjacent to an activating group) is 1. The standard InChI is InChI=1S/C15H14BrClFN/c1-19-15(6-10-3-2-4-14(18)5-10)11-7-12(16)9-13(17)8-11/h2-5,7-9,15,19H,6H2,1H3. The molecule has 4 heteroatoms. The van der Waals surface area contributed by atoms with E-state index in [1.54, 1.807) is 12.1 Å². The lowest BCUT2D eigenvalue weighted by molar-refractivity contribution is 0.584. The zero-order chi connectivity index (χ0) is 13.8. The molecule has 1 nitrogen and oxygen atoms in total.